The molecule has 1 unspecified atom stereocenters. The van der Waals surface area contributed by atoms with E-state index in [1.807, 2.05) is 35.6 Å². The summed E-state index contributed by atoms with van der Waals surface area (Å²) in [7, 11) is 0. The highest BCUT2D eigenvalue weighted by atomic mass is 16.5. The molecule has 8 heteroatoms. The minimum absolute atomic E-state index is 0.00446. The number of fused-ring (bicyclic) bond motifs is 1. The Bertz CT molecular complexity index is 826. The number of nitrogens with zero attached hydrogens (tertiary/aromatic N) is 5. The molecule has 2 aromatic rings. The molecule has 3 heterocycles. The van der Waals surface area contributed by atoms with Crippen LogP contribution in [0.1, 0.15) is 43.0 Å². The summed E-state index contributed by atoms with van der Waals surface area (Å²) >= 11 is 0. The van der Waals surface area contributed by atoms with Crippen LogP contribution in [-0.4, -0.2) is 63.4 Å². The maximum absolute atomic E-state index is 12.8. The minimum atomic E-state index is -0.0423. The lowest BCUT2D eigenvalue weighted by atomic mass is 10.1. The van der Waals surface area contributed by atoms with Gasteiger partial charge in [0.2, 0.25) is 0 Å². The Morgan fingerprint density at radius 3 is 2.66 bits per heavy atom. The third-order valence-corrected chi connectivity index (χ3v) is 5.58. The number of hydrogen-bond donors (Lipinski definition) is 1. The minimum Gasteiger partial charge on any atom is -0.494 e. The molecule has 4 rings (SSSR count). The standard InChI is InChI=1S/C21H30N6O2/c1-3-29-18-8-6-17(7-9-18)15-25-11-13-26(14-12-25)21(28)23-19-5-4-10-27-20(19)22-16(2)24-27/h6-9,19H,3-5,10-15H2,1-2H3,(H,23,28). The fourth-order valence-electron chi connectivity index (χ4n) is 4.07. The van der Waals surface area contributed by atoms with Gasteiger partial charge in [-0.3, -0.25) is 4.90 Å². The number of carbonyl (C=O) groups excluding carboxylic acids is 1. The number of rotatable bonds is 5. The van der Waals surface area contributed by atoms with Gasteiger partial charge in [-0.2, -0.15) is 5.10 Å². The van der Waals surface area contributed by atoms with Gasteiger partial charge in [-0.05, 0) is 44.4 Å². The first kappa shape index (κ1) is 19.7. The van der Waals surface area contributed by atoms with E-state index in [9.17, 15) is 4.79 Å². The van der Waals surface area contributed by atoms with E-state index in [1.165, 1.54) is 5.56 Å². The second-order valence-corrected chi connectivity index (χ2v) is 7.72. The highest BCUT2D eigenvalue weighted by Gasteiger charge is 2.28. The zero-order chi connectivity index (χ0) is 20.2. The van der Waals surface area contributed by atoms with E-state index in [1.54, 1.807) is 0 Å². The number of piperazine rings is 1. The van der Waals surface area contributed by atoms with Gasteiger partial charge in [0.05, 0.1) is 12.6 Å². The number of nitrogens with one attached hydrogen (secondary N) is 1. The van der Waals surface area contributed by atoms with E-state index < -0.39 is 0 Å². The molecular formula is C21H30N6O2. The van der Waals surface area contributed by atoms with Gasteiger partial charge in [-0.15, -0.1) is 0 Å². The van der Waals surface area contributed by atoms with Gasteiger partial charge in [0, 0.05) is 39.3 Å². The predicted octanol–water partition coefficient (Wildman–Crippen LogP) is 2.35. The van der Waals surface area contributed by atoms with Crippen LogP contribution in [0, 0.1) is 6.92 Å². The van der Waals surface area contributed by atoms with E-state index in [0.29, 0.717) is 6.61 Å². The maximum atomic E-state index is 12.8. The quantitative estimate of drug-likeness (QED) is 0.837. The summed E-state index contributed by atoms with van der Waals surface area (Å²) in [5, 5.41) is 7.58. The van der Waals surface area contributed by atoms with Crippen LogP contribution in [0.25, 0.3) is 0 Å². The molecule has 0 saturated carbocycles. The zero-order valence-corrected chi connectivity index (χ0v) is 17.3. The van der Waals surface area contributed by atoms with Crippen molar-refractivity contribution in [2.24, 2.45) is 0 Å². The number of aromatic nitrogens is 3. The Labute approximate surface area is 171 Å². The summed E-state index contributed by atoms with van der Waals surface area (Å²) in [6, 6.07) is 8.24. The molecule has 8 nitrogen and oxygen atoms in total. The smallest absolute Gasteiger partial charge is 0.318 e. The van der Waals surface area contributed by atoms with Gasteiger partial charge in [0.25, 0.3) is 0 Å². The third-order valence-electron chi connectivity index (χ3n) is 5.58. The van der Waals surface area contributed by atoms with Crippen molar-refractivity contribution in [3.8, 4) is 5.75 Å². The normalized spacial score (nSPS) is 19.7. The van der Waals surface area contributed by atoms with Gasteiger partial charge in [-0.25, -0.2) is 14.5 Å². The van der Waals surface area contributed by atoms with Gasteiger partial charge in [-0.1, -0.05) is 12.1 Å². The zero-order valence-electron chi connectivity index (χ0n) is 17.3. The van der Waals surface area contributed by atoms with E-state index in [4.69, 9.17) is 4.74 Å². The van der Waals surface area contributed by atoms with Gasteiger partial charge < -0.3 is 15.0 Å². The lowest BCUT2D eigenvalue weighted by molar-refractivity contribution is 0.132. The average Bonchev–Trinajstić information content (AvgIpc) is 3.11. The summed E-state index contributed by atoms with van der Waals surface area (Å²) in [6.07, 6.45) is 1.93. The summed E-state index contributed by atoms with van der Waals surface area (Å²) < 4.78 is 7.43. The summed E-state index contributed by atoms with van der Waals surface area (Å²) in [5.74, 6) is 2.56. The topological polar surface area (TPSA) is 75.5 Å². The highest BCUT2D eigenvalue weighted by molar-refractivity contribution is 5.74. The number of amides is 2. The lowest BCUT2D eigenvalue weighted by Gasteiger charge is -2.35. The first-order chi connectivity index (χ1) is 14.1. The van der Waals surface area contributed by atoms with Crippen molar-refractivity contribution < 1.29 is 9.53 Å². The van der Waals surface area contributed by atoms with Crippen molar-refractivity contribution in [2.45, 2.75) is 45.8 Å². The van der Waals surface area contributed by atoms with Crippen LogP contribution in [0.15, 0.2) is 24.3 Å². The van der Waals surface area contributed by atoms with Crippen molar-refractivity contribution in [3.05, 3.63) is 41.5 Å². The number of ether oxygens (including phenoxy) is 1. The molecule has 0 radical (unpaired) electrons. The molecule has 1 saturated heterocycles. The monoisotopic (exact) mass is 398 g/mol. The van der Waals surface area contributed by atoms with E-state index in [2.05, 4.69) is 32.4 Å². The Morgan fingerprint density at radius 1 is 1.17 bits per heavy atom. The van der Waals surface area contributed by atoms with Crippen molar-refractivity contribution in [1.82, 2.24) is 29.9 Å². The van der Waals surface area contributed by atoms with Crippen LogP contribution in [0.3, 0.4) is 0 Å². The van der Waals surface area contributed by atoms with Crippen LogP contribution < -0.4 is 10.1 Å². The molecule has 2 aliphatic heterocycles. The summed E-state index contributed by atoms with van der Waals surface area (Å²) in [5.41, 5.74) is 1.27. The van der Waals surface area contributed by atoms with Gasteiger partial charge in [0.15, 0.2) is 0 Å². The fraction of sp³-hybridized carbons (Fsp3) is 0.571. The number of carbonyl (C=O) groups is 1. The number of hydrogen-bond acceptors (Lipinski definition) is 5. The molecule has 29 heavy (non-hydrogen) atoms. The van der Waals surface area contributed by atoms with Crippen LogP contribution in [-0.2, 0) is 13.1 Å². The number of aryl methyl sites for hydroxylation is 2. The van der Waals surface area contributed by atoms with Gasteiger partial charge in [0.1, 0.15) is 17.4 Å². The summed E-state index contributed by atoms with van der Waals surface area (Å²) in [4.78, 5) is 21.6. The van der Waals surface area contributed by atoms with E-state index in [0.717, 1.165) is 69.5 Å². The molecule has 0 aliphatic carbocycles. The van der Waals surface area contributed by atoms with Crippen molar-refractivity contribution in [1.29, 1.82) is 0 Å². The van der Waals surface area contributed by atoms with E-state index in [-0.39, 0.29) is 12.1 Å². The molecule has 2 amide bonds. The first-order valence-corrected chi connectivity index (χ1v) is 10.5. The lowest BCUT2D eigenvalue weighted by Crippen LogP contribution is -2.52. The Kier molecular flexibility index (Phi) is 5.99. The van der Waals surface area contributed by atoms with Crippen molar-refractivity contribution in [3.63, 3.8) is 0 Å². The van der Waals surface area contributed by atoms with Crippen molar-refractivity contribution >= 4 is 6.03 Å². The van der Waals surface area contributed by atoms with Gasteiger partial charge >= 0.3 is 6.03 Å². The average molecular weight is 399 g/mol. The fourth-order valence-corrected chi connectivity index (χ4v) is 4.07. The third kappa shape index (κ3) is 4.70. The molecular weight excluding hydrogens is 368 g/mol. The van der Waals surface area contributed by atoms with Crippen LogP contribution in [0.4, 0.5) is 4.79 Å². The number of urea groups is 1. The molecule has 1 N–H and O–H groups in total. The highest BCUT2D eigenvalue weighted by Crippen LogP contribution is 2.23. The molecule has 1 aromatic heterocycles. The van der Waals surface area contributed by atoms with E-state index >= 15 is 0 Å². The second-order valence-electron chi connectivity index (χ2n) is 7.72. The predicted molar refractivity (Wildman–Crippen MR) is 110 cm³/mol. The van der Waals surface area contributed by atoms with Crippen LogP contribution in [0.5, 0.6) is 5.75 Å². The molecule has 156 valence electrons. The Balaban J connectivity index is 1.27. The summed E-state index contributed by atoms with van der Waals surface area (Å²) in [6.45, 7) is 9.57. The largest absolute Gasteiger partial charge is 0.494 e. The molecule has 0 bridgehead atoms. The first-order valence-electron chi connectivity index (χ1n) is 10.5. The Morgan fingerprint density at radius 2 is 1.93 bits per heavy atom. The van der Waals surface area contributed by atoms with Crippen LogP contribution in [0.2, 0.25) is 0 Å². The molecule has 1 fully saturated rings. The maximum Gasteiger partial charge on any atom is 0.318 e. The number of benzene rings is 1. The SMILES string of the molecule is CCOc1ccc(CN2CCN(C(=O)NC3CCCn4nc(C)nc43)CC2)cc1. The molecule has 1 aromatic carbocycles. The second kappa shape index (κ2) is 8.82. The molecule has 1 atom stereocenters. The molecule has 0 spiro atoms. The Hall–Kier alpha value is -2.61. The van der Waals surface area contributed by atoms with Crippen molar-refractivity contribution in [2.75, 3.05) is 32.8 Å². The molecule has 2 aliphatic rings. The van der Waals surface area contributed by atoms with Crippen LogP contribution >= 0.6 is 0 Å².